The molecule has 0 saturated carbocycles. The van der Waals surface area contributed by atoms with Crippen LogP contribution >= 0.6 is 12.2 Å². The number of likely N-dealkylation sites (tertiary alicyclic amines) is 1. The Labute approximate surface area is 197 Å². The van der Waals surface area contributed by atoms with Gasteiger partial charge in [-0.15, -0.1) is 0 Å². The fourth-order valence-corrected chi connectivity index (χ4v) is 5.55. The van der Waals surface area contributed by atoms with Gasteiger partial charge in [-0.2, -0.15) is 13.2 Å². The van der Waals surface area contributed by atoms with Crippen molar-refractivity contribution in [1.82, 2.24) is 10.2 Å². The van der Waals surface area contributed by atoms with Crippen LogP contribution in [0.3, 0.4) is 0 Å². The molecule has 2 atom stereocenters. The van der Waals surface area contributed by atoms with Gasteiger partial charge in [-0.25, -0.2) is 0 Å². The van der Waals surface area contributed by atoms with E-state index in [0.29, 0.717) is 5.92 Å². The van der Waals surface area contributed by atoms with E-state index in [1.165, 1.54) is 28.8 Å². The summed E-state index contributed by atoms with van der Waals surface area (Å²) >= 11 is 5.79. The highest BCUT2D eigenvalue weighted by molar-refractivity contribution is 7.80. The van der Waals surface area contributed by atoms with Crippen LogP contribution in [0.15, 0.2) is 72.8 Å². The first-order chi connectivity index (χ1) is 15.9. The fraction of sp³-hybridized carbons (Fsp3) is 0.296. The molecule has 2 aliphatic rings. The molecule has 1 aliphatic carbocycles. The van der Waals surface area contributed by atoms with Crippen LogP contribution in [0.2, 0.25) is 0 Å². The van der Waals surface area contributed by atoms with Gasteiger partial charge in [-0.3, -0.25) is 0 Å². The van der Waals surface area contributed by atoms with Gasteiger partial charge in [-0.1, -0.05) is 60.7 Å². The number of thiocarbonyl (C=S) groups is 1. The fourth-order valence-electron chi connectivity index (χ4n) is 5.23. The molecule has 0 radical (unpaired) electrons. The number of rotatable bonds is 4. The Morgan fingerprint density at radius 3 is 2.45 bits per heavy atom. The van der Waals surface area contributed by atoms with E-state index in [-0.39, 0.29) is 6.04 Å². The zero-order chi connectivity index (χ0) is 23.0. The van der Waals surface area contributed by atoms with Crippen molar-refractivity contribution in [1.29, 1.82) is 0 Å². The Hall–Kier alpha value is -2.86. The Kier molecular flexibility index (Phi) is 5.87. The van der Waals surface area contributed by atoms with Gasteiger partial charge in [-0.05, 0) is 77.3 Å². The lowest BCUT2D eigenvalue weighted by Gasteiger charge is -2.36. The molecule has 6 heteroatoms. The maximum absolute atomic E-state index is 13.0. The summed E-state index contributed by atoms with van der Waals surface area (Å²) in [6.07, 6.45) is -1.41. The molecule has 1 N–H and O–H groups in total. The first kappa shape index (κ1) is 22.0. The molecule has 1 heterocycles. The van der Waals surface area contributed by atoms with Gasteiger partial charge in [0, 0.05) is 13.1 Å². The lowest BCUT2D eigenvalue weighted by Crippen LogP contribution is -2.44. The maximum atomic E-state index is 13.0. The Morgan fingerprint density at radius 1 is 0.970 bits per heavy atom. The van der Waals surface area contributed by atoms with E-state index in [4.69, 9.17) is 12.2 Å². The van der Waals surface area contributed by atoms with Crippen LogP contribution in [0, 0.1) is 0 Å². The van der Waals surface area contributed by atoms with Crippen molar-refractivity contribution in [3.05, 3.63) is 95.1 Å². The van der Waals surface area contributed by atoms with Gasteiger partial charge in [0.2, 0.25) is 0 Å². The highest BCUT2D eigenvalue weighted by atomic mass is 32.1. The van der Waals surface area contributed by atoms with Crippen molar-refractivity contribution in [3.63, 3.8) is 0 Å². The molecule has 2 bridgehead atoms. The van der Waals surface area contributed by atoms with Crippen LogP contribution in [0.1, 0.15) is 47.1 Å². The van der Waals surface area contributed by atoms with E-state index in [2.05, 4.69) is 28.4 Å². The molecule has 2 nitrogen and oxygen atoms in total. The number of fused-ring (bicyclic) bond motifs is 5. The van der Waals surface area contributed by atoms with Crippen LogP contribution in [0.5, 0.6) is 0 Å². The average Bonchev–Trinajstić information content (AvgIpc) is 3.11. The number of hydrogen-bond acceptors (Lipinski definition) is 1. The number of piperidine rings is 1. The van der Waals surface area contributed by atoms with Crippen molar-refractivity contribution in [2.45, 2.75) is 37.4 Å². The topological polar surface area (TPSA) is 15.3 Å². The highest BCUT2D eigenvalue weighted by Crippen LogP contribution is 2.52. The van der Waals surface area contributed by atoms with Gasteiger partial charge in [0.1, 0.15) is 0 Å². The lowest BCUT2D eigenvalue weighted by atomic mass is 9.93. The number of nitrogens with one attached hydrogen (secondary N) is 1. The normalized spacial score (nSPS) is 19.3. The summed E-state index contributed by atoms with van der Waals surface area (Å²) in [6.45, 7) is 1.65. The zero-order valence-electron chi connectivity index (χ0n) is 18.1. The number of hydrogen-bond donors (Lipinski definition) is 1. The smallest absolute Gasteiger partial charge is 0.362 e. The molecule has 1 fully saturated rings. The van der Waals surface area contributed by atoms with Gasteiger partial charge in [0.15, 0.2) is 5.11 Å². The molecule has 0 spiro atoms. The standard InChI is InChI=1S/C27H25F3N2S/c28-27(29,30)21-11-9-19(10-12-21)22-7-4-8-23-20-14-16-32(24(17-20)25(22)23)26(33)31-15-13-18-5-2-1-3-6-18/h1-12,20,24H,13-17H2,(H,31,33)/t20?,24-/m0/s1. The first-order valence-corrected chi connectivity index (χ1v) is 11.7. The maximum Gasteiger partial charge on any atom is 0.416 e. The number of alkyl halides is 3. The Bertz CT molecular complexity index is 1140. The van der Waals surface area contributed by atoms with E-state index in [1.807, 2.05) is 30.3 Å². The van der Waals surface area contributed by atoms with E-state index < -0.39 is 11.7 Å². The minimum Gasteiger partial charge on any atom is -0.362 e. The quantitative estimate of drug-likeness (QED) is 0.430. The predicted molar refractivity (Wildman–Crippen MR) is 129 cm³/mol. The summed E-state index contributed by atoms with van der Waals surface area (Å²) in [5.74, 6) is 0.475. The zero-order valence-corrected chi connectivity index (χ0v) is 18.9. The van der Waals surface area contributed by atoms with E-state index in [0.717, 1.165) is 48.6 Å². The van der Waals surface area contributed by atoms with E-state index in [9.17, 15) is 13.2 Å². The monoisotopic (exact) mass is 466 g/mol. The van der Waals surface area contributed by atoms with Crippen LogP contribution in [-0.2, 0) is 12.6 Å². The largest absolute Gasteiger partial charge is 0.416 e. The van der Waals surface area contributed by atoms with E-state index in [1.54, 1.807) is 12.1 Å². The summed E-state index contributed by atoms with van der Waals surface area (Å²) in [4.78, 5) is 2.27. The van der Waals surface area contributed by atoms with Gasteiger partial charge < -0.3 is 10.2 Å². The van der Waals surface area contributed by atoms with E-state index >= 15 is 0 Å². The average molecular weight is 467 g/mol. The summed E-state index contributed by atoms with van der Waals surface area (Å²) in [6, 6.07) is 22.2. The molecule has 170 valence electrons. The molecule has 0 aromatic heterocycles. The minimum absolute atomic E-state index is 0.147. The first-order valence-electron chi connectivity index (χ1n) is 11.3. The van der Waals surface area contributed by atoms with Gasteiger partial charge >= 0.3 is 6.18 Å². The molecule has 0 amide bonds. The second kappa shape index (κ2) is 8.82. The molecule has 33 heavy (non-hydrogen) atoms. The summed E-state index contributed by atoms with van der Waals surface area (Å²) in [7, 11) is 0. The van der Waals surface area contributed by atoms with Crippen molar-refractivity contribution in [2.75, 3.05) is 13.1 Å². The SMILES string of the molecule is FC(F)(F)c1ccc(-c2cccc3c2[C@@H]2CC3CCN2C(=S)NCCc2ccccc2)cc1. The van der Waals surface area contributed by atoms with Crippen molar-refractivity contribution < 1.29 is 13.2 Å². The molecule has 1 aliphatic heterocycles. The minimum atomic E-state index is -4.33. The van der Waals surface area contributed by atoms with Crippen LogP contribution in [0.25, 0.3) is 11.1 Å². The second-order valence-electron chi connectivity index (χ2n) is 8.78. The molecule has 3 aromatic carbocycles. The predicted octanol–water partition coefficient (Wildman–Crippen LogP) is 6.72. The third-order valence-electron chi connectivity index (χ3n) is 6.83. The van der Waals surface area contributed by atoms with Crippen LogP contribution in [0.4, 0.5) is 13.2 Å². The second-order valence-corrected chi connectivity index (χ2v) is 9.17. The number of benzene rings is 3. The third kappa shape index (κ3) is 4.36. The summed E-state index contributed by atoms with van der Waals surface area (Å²) in [5, 5.41) is 4.18. The molecule has 1 unspecified atom stereocenters. The molecule has 3 aromatic rings. The summed E-state index contributed by atoms with van der Waals surface area (Å²) < 4.78 is 39.1. The third-order valence-corrected chi connectivity index (χ3v) is 7.21. The molecule has 5 rings (SSSR count). The Balaban J connectivity index is 1.37. The molecular formula is C27H25F3N2S. The summed E-state index contributed by atoms with van der Waals surface area (Å²) in [5.41, 5.74) is 4.99. The van der Waals surface area contributed by atoms with Crippen molar-refractivity contribution in [2.24, 2.45) is 0 Å². The van der Waals surface area contributed by atoms with Crippen LogP contribution < -0.4 is 5.32 Å². The highest BCUT2D eigenvalue weighted by Gasteiger charge is 2.41. The van der Waals surface area contributed by atoms with Crippen LogP contribution in [-0.4, -0.2) is 23.1 Å². The number of nitrogens with zero attached hydrogens (tertiary/aromatic N) is 1. The van der Waals surface area contributed by atoms with Gasteiger partial charge in [0.25, 0.3) is 0 Å². The van der Waals surface area contributed by atoms with Crippen molar-refractivity contribution >= 4 is 17.3 Å². The Morgan fingerprint density at radius 2 is 1.73 bits per heavy atom. The molecular weight excluding hydrogens is 441 g/mol. The van der Waals surface area contributed by atoms with Crippen molar-refractivity contribution in [3.8, 4) is 11.1 Å². The van der Waals surface area contributed by atoms with Gasteiger partial charge in [0.05, 0.1) is 11.6 Å². The lowest BCUT2D eigenvalue weighted by molar-refractivity contribution is -0.137. The number of halogens is 3. The molecule has 1 saturated heterocycles.